The molecule has 1 rings (SSSR count). The summed E-state index contributed by atoms with van der Waals surface area (Å²) in [5.74, 6) is 1.86. The first kappa shape index (κ1) is 12.2. The van der Waals surface area contributed by atoms with Crippen molar-refractivity contribution in [3.8, 4) is 0 Å². The van der Waals surface area contributed by atoms with Gasteiger partial charge in [-0.1, -0.05) is 0 Å². The SMILES string of the molecule is CCOC(=O)C[C@H](O)C1SCCCS1. The number of hydrogen-bond donors (Lipinski definition) is 1. The smallest absolute Gasteiger partial charge is 0.308 e. The Morgan fingerprint density at radius 2 is 2.21 bits per heavy atom. The van der Waals surface area contributed by atoms with E-state index in [9.17, 15) is 9.90 Å². The second kappa shape index (κ2) is 6.58. The molecule has 0 bridgehead atoms. The lowest BCUT2D eigenvalue weighted by Crippen LogP contribution is -2.27. The number of carbonyl (C=O) groups excluding carboxylic acids is 1. The minimum absolute atomic E-state index is 0.124. The molecule has 1 fully saturated rings. The molecule has 0 aromatic rings. The fourth-order valence-corrected chi connectivity index (χ4v) is 4.08. The summed E-state index contributed by atoms with van der Waals surface area (Å²) in [6, 6.07) is 0. The average Bonchev–Trinajstić information content (AvgIpc) is 2.19. The van der Waals surface area contributed by atoms with E-state index in [1.54, 1.807) is 30.4 Å². The molecule has 1 heterocycles. The van der Waals surface area contributed by atoms with Gasteiger partial charge in [-0.05, 0) is 24.9 Å². The summed E-state index contributed by atoms with van der Waals surface area (Å²) in [6.07, 6.45) is 0.751. The summed E-state index contributed by atoms with van der Waals surface area (Å²) in [5, 5.41) is 9.73. The van der Waals surface area contributed by atoms with Gasteiger partial charge in [-0.15, -0.1) is 23.5 Å². The molecule has 1 aliphatic heterocycles. The Morgan fingerprint density at radius 3 is 2.79 bits per heavy atom. The Bertz CT molecular complexity index is 181. The van der Waals surface area contributed by atoms with Gasteiger partial charge < -0.3 is 9.84 Å². The van der Waals surface area contributed by atoms with Gasteiger partial charge >= 0.3 is 5.97 Å². The van der Waals surface area contributed by atoms with Crippen molar-refractivity contribution in [2.24, 2.45) is 0 Å². The number of ether oxygens (including phenoxy) is 1. The normalized spacial score (nSPS) is 20.4. The van der Waals surface area contributed by atoms with Gasteiger partial charge in [-0.3, -0.25) is 4.79 Å². The fourth-order valence-electron chi connectivity index (χ4n) is 1.22. The Morgan fingerprint density at radius 1 is 1.57 bits per heavy atom. The first-order valence-corrected chi connectivity index (χ1v) is 6.90. The second-order valence-corrected chi connectivity index (χ2v) is 5.84. The number of hydrogen-bond acceptors (Lipinski definition) is 5. The van der Waals surface area contributed by atoms with Crippen LogP contribution in [0.5, 0.6) is 0 Å². The molecule has 0 aromatic carbocycles. The third kappa shape index (κ3) is 4.11. The van der Waals surface area contributed by atoms with Crippen molar-refractivity contribution in [2.45, 2.75) is 30.5 Å². The summed E-state index contributed by atoms with van der Waals surface area (Å²) < 4.78 is 4.93. The zero-order valence-corrected chi connectivity index (χ0v) is 9.90. The van der Waals surface area contributed by atoms with E-state index < -0.39 is 6.10 Å². The first-order valence-electron chi connectivity index (χ1n) is 4.81. The predicted octanol–water partition coefficient (Wildman–Crippen LogP) is 1.50. The van der Waals surface area contributed by atoms with Crippen LogP contribution >= 0.6 is 23.5 Å². The second-order valence-electron chi connectivity index (χ2n) is 3.04. The maximum absolute atomic E-state index is 11.1. The van der Waals surface area contributed by atoms with Crippen LogP contribution in [0.25, 0.3) is 0 Å². The van der Waals surface area contributed by atoms with Crippen molar-refractivity contribution in [1.29, 1.82) is 0 Å². The highest BCUT2D eigenvalue weighted by Crippen LogP contribution is 2.33. The van der Waals surface area contributed by atoms with Crippen LogP contribution in [0.1, 0.15) is 19.8 Å². The fraction of sp³-hybridized carbons (Fsp3) is 0.889. The van der Waals surface area contributed by atoms with E-state index in [-0.39, 0.29) is 17.0 Å². The summed E-state index contributed by atoms with van der Waals surface area (Å²) in [7, 11) is 0. The van der Waals surface area contributed by atoms with Crippen LogP contribution in [-0.4, -0.2) is 39.9 Å². The Labute approximate surface area is 93.0 Å². The van der Waals surface area contributed by atoms with Gasteiger partial charge in [0.15, 0.2) is 0 Å². The van der Waals surface area contributed by atoms with E-state index in [1.165, 1.54) is 6.42 Å². The van der Waals surface area contributed by atoms with Gasteiger partial charge in [0.2, 0.25) is 0 Å². The van der Waals surface area contributed by atoms with E-state index in [1.807, 2.05) is 0 Å². The van der Waals surface area contributed by atoms with Gasteiger partial charge in [0, 0.05) is 0 Å². The van der Waals surface area contributed by atoms with Gasteiger partial charge in [0.1, 0.15) is 0 Å². The van der Waals surface area contributed by atoms with Crippen LogP contribution in [0.15, 0.2) is 0 Å². The quantitative estimate of drug-likeness (QED) is 0.749. The molecule has 0 aliphatic carbocycles. The lowest BCUT2D eigenvalue weighted by Gasteiger charge is -2.24. The molecule has 0 unspecified atom stereocenters. The van der Waals surface area contributed by atoms with E-state index >= 15 is 0 Å². The standard InChI is InChI=1S/C9H16O3S2/c1-2-12-8(11)6-7(10)9-13-4-3-5-14-9/h7,9-10H,2-6H2,1H3/t7-/m0/s1. The molecule has 1 N–H and O–H groups in total. The molecule has 1 aliphatic rings. The summed E-state index contributed by atoms with van der Waals surface area (Å²) >= 11 is 3.47. The van der Waals surface area contributed by atoms with Crippen molar-refractivity contribution in [2.75, 3.05) is 18.1 Å². The van der Waals surface area contributed by atoms with Crippen LogP contribution in [0.2, 0.25) is 0 Å². The molecular weight excluding hydrogens is 220 g/mol. The van der Waals surface area contributed by atoms with E-state index in [0.29, 0.717) is 6.61 Å². The predicted molar refractivity (Wildman–Crippen MR) is 60.6 cm³/mol. The van der Waals surface area contributed by atoms with Crippen LogP contribution < -0.4 is 0 Å². The molecule has 0 amide bonds. The molecule has 5 heteroatoms. The van der Waals surface area contributed by atoms with Gasteiger partial charge in [-0.2, -0.15) is 0 Å². The van der Waals surface area contributed by atoms with Gasteiger partial charge in [0.05, 0.1) is 23.7 Å². The van der Waals surface area contributed by atoms with Crippen LogP contribution in [0.3, 0.4) is 0 Å². The molecule has 0 saturated carbocycles. The van der Waals surface area contributed by atoms with Crippen molar-refractivity contribution >= 4 is 29.5 Å². The molecule has 3 nitrogen and oxygen atoms in total. The number of rotatable bonds is 4. The Kier molecular flexibility index (Phi) is 5.74. The maximum atomic E-state index is 11.1. The molecule has 0 spiro atoms. The number of esters is 1. The number of aliphatic hydroxyl groups is 1. The highest BCUT2D eigenvalue weighted by atomic mass is 32.2. The first-order chi connectivity index (χ1) is 6.74. The van der Waals surface area contributed by atoms with Crippen LogP contribution in [0.4, 0.5) is 0 Å². The van der Waals surface area contributed by atoms with E-state index in [4.69, 9.17) is 4.74 Å². The maximum Gasteiger partial charge on any atom is 0.308 e. The molecule has 0 aromatic heterocycles. The van der Waals surface area contributed by atoms with Gasteiger partial charge in [0.25, 0.3) is 0 Å². The highest BCUT2D eigenvalue weighted by Gasteiger charge is 2.25. The molecule has 1 atom stereocenters. The van der Waals surface area contributed by atoms with E-state index in [2.05, 4.69) is 0 Å². The van der Waals surface area contributed by atoms with Crippen molar-refractivity contribution in [3.63, 3.8) is 0 Å². The summed E-state index contributed by atoms with van der Waals surface area (Å²) in [6.45, 7) is 2.16. The van der Waals surface area contributed by atoms with Crippen molar-refractivity contribution in [3.05, 3.63) is 0 Å². The lowest BCUT2D eigenvalue weighted by molar-refractivity contribution is -0.145. The number of thioether (sulfide) groups is 2. The minimum atomic E-state index is -0.565. The molecule has 1 saturated heterocycles. The Hall–Kier alpha value is 0.130. The zero-order chi connectivity index (χ0) is 10.4. The number of aliphatic hydroxyl groups excluding tert-OH is 1. The molecule has 14 heavy (non-hydrogen) atoms. The Balaban J connectivity index is 2.25. The largest absolute Gasteiger partial charge is 0.466 e. The third-order valence-electron chi connectivity index (χ3n) is 1.85. The molecule has 0 radical (unpaired) electrons. The third-order valence-corrected chi connectivity index (χ3v) is 5.00. The summed E-state index contributed by atoms with van der Waals surface area (Å²) in [4.78, 5) is 11.1. The molecular formula is C9H16O3S2. The lowest BCUT2D eigenvalue weighted by atomic mass is 10.3. The van der Waals surface area contributed by atoms with Crippen molar-refractivity contribution < 1.29 is 14.6 Å². The zero-order valence-electron chi connectivity index (χ0n) is 8.27. The highest BCUT2D eigenvalue weighted by molar-refractivity contribution is 8.17. The monoisotopic (exact) mass is 236 g/mol. The molecule has 82 valence electrons. The topological polar surface area (TPSA) is 46.5 Å². The van der Waals surface area contributed by atoms with E-state index in [0.717, 1.165) is 11.5 Å². The summed E-state index contributed by atoms with van der Waals surface area (Å²) in [5.41, 5.74) is 0. The number of carbonyl (C=O) groups is 1. The van der Waals surface area contributed by atoms with Crippen LogP contribution in [-0.2, 0) is 9.53 Å². The average molecular weight is 236 g/mol. The van der Waals surface area contributed by atoms with Crippen molar-refractivity contribution in [1.82, 2.24) is 0 Å². The van der Waals surface area contributed by atoms with Gasteiger partial charge in [-0.25, -0.2) is 0 Å². The minimum Gasteiger partial charge on any atom is -0.466 e. The van der Waals surface area contributed by atoms with Crippen LogP contribution in [0, 0.1) is 0 Å².